The van der Waals surface area contributed by atoms with Gasteiger partial charge in [-0.15, -0.1) is 11.3 Å². The molecule has 2 aromatic rings. The highest BCUT2D eigenvalue weighted by Gasteiger charge is 2.30. The average molecular weight is 384 g/mol. The maximum atomic E-state index is 12.5. The van der Waals surface area contributed by atoms with Crippen LogP contribution in [0.2, 0.25) is 0 Å². The maximum Gasteiger partial charge on any atom is 0.287 e. The molecule has 136 valence electrons. The van der Waals surface area contributed by atoms with E-state index in [9.17, 15) is 13.2 Å². The van der Waals surface area contributed by atoms with Gasteiger partial charge in [0.25, 0.3) is 15.9 Å². The van der Waals surface area contributed by atoms with Gasteiger partial charge in [-0.1, -0.05) is 6.92 Å². The van der Waals surface area contributed by atoms with E-state index in [4.69, 9.17) is 9.15 Å². The standard InChI is InChI=1S/C16H20N2O5S2/c1-2-12-3-4-13(24-12)11-17-16(19)14-5-6-15(23-14)25(20,21)18-7-9-22-10-8-18/h3-6H,2,7-11H2,1H3,(H,17,19). The molecule has 3 rings (SSSR count). The average Bonchev–Trinajstić information content (AvgIpc) is 3.30. The predicted octanol–water partition coefficient (Wildman–Crippen LogP) is 1.85. The molecule has 1 aliphatic heterocycles. The Morgan fingerprint density at radius 2 is 1.92 bits per heavy atom. The van der Waals surface area contributed by atoms with Gasteiger partial charge in [0.2, 0.25) is 5.09 Å². The van der Waals surface area contributed by atoms with Crippen LogP contribution >= 0.6 is 11.3 Å². The lowest BCUT2D eigenvalue weighted by molar-refractivity contribution is 0.0722. The number of carbonyl (C=O) groups excluding carboxylic acids is 1. The Labute approximate surface area is 150 Å². The molecule has 1 amide bonds. The van der Waals surface area contributed by atoms with E-state index < -0.39 is 15.9 Å². The number of rotatable bonds is 6. The van der Waals surface area contributed by atoms with Crippen molar-refractivity contribution in [1.29, 1.82) is 0 Å². The molecule has 0 saturated carbocycles. The molecule has 1 aliphatic rings. The zero-order valence-corrected chi connectivity index (χ0v) is 15.5. The lowest BCUT2D eigenvalue weighted by atomic mass is 10.3. The number of furan rings is 1. The van der Waals surface area contributed by atoms with Crippen LogP contribution in [0.1, 0.15) is 27.2 Å². The topological polar surface area (TPSA) is 88.9 Å². The number of amides is 1. The molecule has 1 N–H and O–H groups in total. The Morgan fingerprint density at radius 1 is 1.20 bits per heavy atom. The minimum atomic E-state index is -3.73. The van der Waals surface area contributed by atoms with Crippen LogP contribution in [-0.4, -0.2) is 44.9 Å². The molecule has 0 aromatic carbocycles. The highest BCUT2D eigenvalue weighted by Crippen LogP contribution is 2.20. The van der Waals surface area contributed by atoms with Crippen molar-refractivity contribution in [3.8, 4) is 0 Å². The molecule has 0 spiro atoms. The maximum absolute atomic E-state index is 12.5. The summed E-state index contributed by atoms with van der Waals surface area (Å²) in [7, 11) is -3.73. The molecule has 9 heteroatoms. The lowest BCUT2D eigenvalue weighted by Crippen LogP contribution is -2.40. The summed E-state index contributed by atoms with van der Waals surface area (Å²) in [5.74, 6) is -0.450. The predicted molar refractivity (Wildman–Crippen MR) is 93.2 cm³/mol. The zero-order valence-electron chi connectivity index (χ0n) is 13.9. The van der Waals surface area contributed by atoms with Crippen LogP contribution < -0.4 is 5.32 Å². The van der Waals surface area contributed by atoms with Crippen molar-refractivity contribution in [2.75, 3.05) is 26.3 Å². The van der Waals surface area contributed by atoms with Gasteiger partial charge >= 0.3 is 0 Å². The highest BCUT2D eigenvalue weighted by atomic mass is 32.2. The summed E-state index contributed by atoms with van der Waals surface area (Å²) in [6, 6.07) is 6.71. The first-order valence-corrected chi connectivity index (χ1v) is 10.3. The molecule has 0 bridgehead atoms. The number of morpholine rings is 1. The fourth-order valence-electron chi connectivity index (χ4n) is 2.46. The number of thiophene rings is 1. The van der Waals surface area contributed by atoms with Gasteiger partial charge in [0, 0.05) is 22.8 Å². The van der Waals surface area contributed by atoms with Crippen LogP contribution in [0.4, 0.5) is 0 Å². The summed E-state index contributed by atoms with van der Waals surface area (Å²) in [5.41, 5.74) is 0. The van der Waals surface area contributed by atoms with Crippen molar-refractivity contribution in [3.05, 3.63) is 39.8 Å². The number of carbonyl (C=O) groups is 1. The molecule has 2 aromatic heterocycles. The van der Waals surface area contributed by atoms with Gasteiger partial charge < -0.3 is 14.5 Å². The molecule has 7 nitrogen and oxygen atoms in total. The van der Waals surface area contributed by atoms with Crippen LogP contribution in [-0.2, 0) is 27.7 Å². The minimum absolute atomic E-state index is 0.0147. The van der Waals surface area contributed by atoms with Gasteiger partial charge in [-0.3, -0.25) is 4.79 Å². The van der Waals surface area contributed by atoms with Crippen molar-refractivity contribution in [3.63, 3.8) is 0 Å². The van der Waals surface area contributed by atoms with Gasteiger partial charge in [0.05, 0.1) is 19.8 Å². The fourth-order valence-corrected chi connectivity index (χ4v) is 4.67. The van der Waals surface area contributed by atoms with Crippen LogP contribution in [0.25, 0.3) is 0 Å². The third-order valence-corrected chi connectivity index (χ3v) is 6.86. The van der Waals surface area contributed by atoms with E-state index in [1.54, 1.807) is 11.3 Å². The highest BCUT2D eigenvalue weighted by molar-refractivity contribution is 7.89. The summed E-state index contributed by atoms with van der Waals surface area (Å²) in [6.07, 6.45) is 0.958. The summed E-state index contributed by atoms with van der Waals surface area (Å²) in [6.45, 7) is 3.73. The molecular formula is C16H20N2O5S2. The molecule has 1 fully saturated rings. The van der Waals surface area contributed by atoms with E-state index in [2.05, 4.69) is 12.2 Å². The van der Waals surface area contributed by atoms with Crippen LogP contribution in [0.3, 0.4) is 0 Å². The van der Waals surface area contributed by atoms with Crippen molar-refractivity contribution in [2.24, 2.45) is 0 Å². The van der Waals surface area contributed by atoms with E-state index in [-0.39, 0.29) is 23.9 Å². The Bertz CT molecular complexity index is 834. The Hall–Kier alpha value is -1.68. The van der Waals surface area contributed by atoms with Gasteiger partial charge in [-0.05, 0) is 30.7 Å². The zero-order chi connectivity index (χ0) is 17.9. The third kappa shape index (κ3) is 4.12. The quantitative estimate of drug-likeness (QED) is 0.821. The molecular weight excluding hydrogens is 364 g/mol. The number of nitrogens with one attached hydrogen (secondary N) is 1. The van der Waals surface area contributed by atoms with E-state index in [1.807, 2.05) is 12.1 Å². The van der Waals surface area contributed by atoms with Gasteiger partial charge in [-0.2, -0.15) is 4.31 Å². The van der Waals surface area contributed by atoms with Crippen molar-refractivity contribution < 1.29 is 22.4 Å². The number of sulfonamides is 1. The van der Waals surface area contributed by atoms with Gasteiger partial charge in [0.15, 0.2) is 5.76 Å². The first-order chi connectivity index (χ1) is 12.0. The first kappa shape index (κ1) is 18.1. The molecule has 1 saturated heterocycles. The summed E-state index contributed by atoms with van der Waals surface area (Å²) in [4.78, 5) is 14.5. The second kappa shape index (κ2) is 7.69. The third-order valence-electron chi connectivity index (χ3n) is 3.86. The van der Waals surface area contributed by atoms with Gasteiger partial charge in [0.1, 0.15) is 0 Å². The van der Waals surface area contributed by atoms with Crippen molar-refractivity contribution in [1.82, 2.24) is 9.62 Å². The van der Waals surface area contributed by atoms with Crippen LogP contribution in [0.15, 0.2) is 33.8 Å². The molecule has 3 heterocycles. The fraction of sp³-hybridized carbons (Fsp3) is 0.438. The molecule has 0 aliphatic carbocycles. The first-order valence-electron chi connectivity index (χ1n) is 8.04. The number of hydrogen-bond acceptors (Lipinski definition) is 6. The largest absolute Gasteiger partial charge is 0.438 e. The normalized spacial score (nSPS) is 16.0. The van der Waals surface area contributed by atoms with E-state index >= 15 is 0 Å². The Morgan fingerprint density at radius 3 is 2.60 bits per heavy atom. The smallest absolute Gasteiger partial charge is 0.287 e. The molecule has 0 unspecified atom stereocenters. The van der Waals surface area contributed by atoms with Gasteiger partial charge in [-0.25, -0.2) is 8.42 Å². The van der Waals surface area contributed by atoms with Crippen molar-refractivity contribution >= 4 is 27.3 Å². The second-order valence-corrected chi connectivity index (χ2v) is 8.66. The van der Waals surface area contributed by atoms with Crippen LogP contribution in [0, 0.1) is 0 Å². The molecule has 25 heavy (non-hydrogen) atoms. The van der Waals surface area contributed by atoms with Crippen molar-refractivity contribution in [2.45, 2.75) is 25.0 Å². The van der Waals surface area contributed by atoms with E-state index in [1.165, 1.54) is 21.3 Å². The lowest BCUT2D eigenvalue weighted by Gasteiger charge is -2.24. The van der Waals surface area contributed by atoms with E-state index in [0.29, 0.717) is 19.8 Å². The second-order valence-electron chi connectivity index (χ2n) is 5.54. The van der Waals surface area contributed by atoms with E-state index in [0.717, 1.165) is 11.3 Å². The number of aryl methyl sites for hydroxylation is 1. The Balaban J connectivity index is 1.64. The Kier molecular flexibility index (Phi) is 5.57. The summed E-state index contributed by atoms with van der Waals surface area (Å²) < 4.78 is 36.7. The van der Waals surface area contributed by atoms with Crippen LogP contribution in [0.5, 0.6) is 0 Å². The summed E-state index contributed by atoms with van der Waals surface area (Å²) in [5, 5.41) is 2.53. The number of nitrogens with zero attached hydrogens (tertiary/aromatic N) is 1. The molecule has 0 atom stereocenters. The summed E-state index contributed by atoms with van der Waals surface area (Å²) >= 11 is 1.64. The monoisotopic (exact) mass is 384 g/mol. The number of hydrogen-bond donors (Lipinski definition) is 1. The number of ether oxygens (including phenoxy) is 1. The SMILES string of the molecule is CCc1ccc(CNC(=O)c2ccc(S(=O)(=O)N3CCOCC3)o2)s1. The molecule has 0 radical (unpaired) electrons. The minimum Gasteiger partial charge on any atom is -0.438 e.